The van der Waals surface area contributed by atoms with Gasteiger partial charge in [-0.1, -0.05) is 42.5 Å². The summed E-state index contributed by atoms with van der Waals surface area (Å²) in [5, 5.41) is 10.7. The van der Waals surface area contributed by atoms with E-state index in [0.717, 1.165) is 29.4 Å². The highest BCUT2D eigenvalue weighted by Crippen LogP contribution is 2.31. The summed E-state index contributed by atoms with van der Waals surface area (Å²) in [5.41, 5.74) is 2.59. The van der Waals surface area contributed by atoms with Crippen molar-refractivity contribution in [2.45, 2.75) is 26.4 Å². The number of fused-ring (bicyclic) bond motifs is 1. The lowest BCUT2D eigenvalue weighted by Crippen LogP contribution is -2.08. The van der Waals surface area contributed by atoms with Crippen LogP contribution in [0.15, 0.2) is 78.9 Å². The fourth-order valence-corrected chi connectivity index (χ4v) is 3.65. The lowest BCUT2D eigenvalue weighted by Gasteiger charge is -2.14. The molecule has 0 amide bonds. The fraction of sp³-hybridized carbons (Fsp3) is 0.214. The van der Waals surface area contributed by atoms with Gasteiger partial charge in [-0.25, -0.2) is 4.79 Å². The Balaban J connectivity index is 1.27. The summed E-state index contributed by atoms with van der Waals surface area (Å²) in [4.78, 5) is 16.4. The number of benzene rings is 3. The molecule has 0 saturated carbocycles. The Morgan fingerprint density at radius 1 is 0.882 bits per heavy atom. The van der Waals surface area contributed by atoms with E-state index in [2.05, 4.69) is 4.98 Å². The number of hydrogen-bond acceptors (Lipinski definition) is 5. The van der Waals surface area contributed by atoms with E-state index >= 15 is 0 Å². The Morgan fingerprint density at radius 2 is 1.65 bits per heavy atom. The predicted octanol–water partition coefficient (Wildman–Crippen LogP) is 6.41. The minimum Gasteiger partial charge on any atom is -0.493 e. The van der Waals surface area contributed by atoms with Crippen LogP contribution in [0.3, 0.4) is 0 Å². The number of aryl methyl sites for hydroxylation is 1. The Kier molecular flexibility index (Phi) is 7.73. The molecule has 0 radical (unpaired) electrons. The van der Waals surface area contributed by atoms with Gasteiger partial charge in [-0.3, -0.25) is 4.98 Å². The molecule has 0 spiro atoms. The third kappa shape index (κ3) is 6.11. The molecule has 34 heavy (non-hydrogen) atoms. The number of aromatic carboxylic acids is 1. The smallest absolute Gasteiger partial charge is 0.339 e. The van der Waals surface area contributed by atoms with E-state index in [1.165, 1.54) is 0 Å². The van der Waals surface area contributed by atoms with Crippen LogP contribution in [0.4, 0.5) is 0 Å². The van der Waals surface area contributed by atoms with Gasteiger partial charge in [-0.05, 0) is 55.7 Å². The maximum absolute atomic E-state index is 11.8. The van der Waals surface area contributed by atoms with Crippen LogP contribution in [0.2, 0.25) is 0 Å². The van der Waals surface area contributed by atoms with Crippen molar-refractivity contribution in [3.05, 3.63) is 95.7 Å². The Labute approximate surface area is 198 Å². The van der Waals surface area contributed by atoms with Crippen molar-refractivity contribution in [2.75, 3.05) is 13.2 Å². The highest BCUT2D eigenvalue weighted by molar-refractivity contribution is 5.93. The highest BCUT2D eigenvalue weighted by atomic mass is 16.5. The minimum absolute atomic E-state index is 0.152. The van der Waals surface area contributed by atoms with Crippen LogP contribution < -0.4 is 9.47 Å². The maximum Gasteiger partial charge on any atom is 0.339 e. The molecular weight excluding hydrogens is 430 g/mol. The second-order valence-electron chi connectivity index (χ2n) is 7.94. The number of aromatic nitrogens is 1. The van der Waals surface area contributed by atoms with E-state index in [-0.39, 0.29) is 5.56 Å². The molecule has 0 fully saturated rings. The summed E-state index contributed by atoms with van der Waals surface area (Å²) in [6.07, 6.45) is 1.52. The van der Waals surface area contributed by atoms with Gasteiger partial charge in [0.25, 0.3) is 0 Å². The normalized spacial score (nSPS) is 10.9. The number of carboxylic acids is 1. The van der Waals surface area contributed by atoms with Crippen molar-refractivity contribution in [1.82, 2.24) is 4.98 Å². The molecule has 4 aromatic rings. The van der Waals surface area contributed by atoms with Crippen molar-refractivity contribution in [1.29, 1.82) is 0 Å². The standard InChI is InChI=1S/C28H27NO5/c1-20-17-24(34-23-10-3-2-4-11-23)18-26(27(20)28(30)31)33-16-8-7-15-32-19-22-14-13-21-9-5-6-12-25(21)29-22/h2-6,9-14,17-18H,7-8,15-16,19H2,1H3,(H,30,31). The number of rotatable bonds is 11. The largest absolute Gasteiger partial charge is 0.493 e. The number of para-hydroxylation sites is 2. The van der Waals surface area contributed by atoms with E-state index in [0.29, 0.717) is 42.6 Å². The molecule has 0 atom stereocenters. The van der Waals surface area contributed by atoms with Gasteiger partial charge in [0.05, 0.1) is 24.4 Å². The van der Waals surface area contributed by atoms with E-state index in [4.69, 9.17) is 14.2 Å². The lowest BCUT2D eigenvalue weighted by atomic mass is 10.1. The SMILES string of the molecule is Cc1cc(Oc2ccccc2)cc(OCCCCOCc2ccc3ccccc3n2)c1C(=O)O. The van der Waals surface area contributed by atoms with Crippen LogP contribution in [0.25, 0.3) is 10.9 Å². The number of unbranched alkanes of at least 4 members (excludes halogenated alkanes) is 1. The van der Waals surface area contributed by atoms with Gasteiger partial charge in [0.1, 0.15) is 22.8 Å². The second-order valence-corrected chi connectivity index (χ2v) is 7.94. The average Bonchev–Trinajstić information content (AvgIpc) is 2.83. The van der Waals surface area contributed by atoms with Gasteiger partial charge in [0.15, 0.2) is 0 Å². The number of carboxylic acid groups (broad SMARTS) is 1. The van der Waals surface area contributed by atoms with Crippen LogP contribution in [-0.4, -0.2) is 29.3 Å². The monoisotopic (exact) mass is 457 g/mol. The van der Waals surface area contributed by atoms with Gasteiger partial charge in [-0.2, -0.15) is 0 Å². The molecule has 0 bridgehead atoms. The van der Waals surface area contributed by atoms with Crippen molar-refractivity contribution in [3.63, 3.8) is 0 Å². The summed E-state index contributed by atoms with van der Waals surface area (Å²) in [6.45, 7) is 3.14. The lowest BCUT2D eigenvalue weighted by molar-refractivity contribution is 0.0690. The topological polar surface area (TPSA) is 77.9 Å². The Morgan fingerprint density at radius 3 is 2.47 bits per heavy atom. The molecule has 3 aromatic carbocycles. The molecule has 1 heterocycles. The molecule has 0 aliphatic carbocycles. The summed E-state index contributed by atoms with van der Waals surface area (Å²) in [7, 11) is 0. The van der Waals surface area contributed by atoms with Gasteiger partial charge in [-0.15, -0.1) is 0 Å². The molecule has 174 valence electrons. The first-order chi connectivity index (χ1) is 16.6. The zero-order valence-corrected chi connectivity index (χ0v) is 19.1. The molecule has 6 heteroatoms. The number of nitrogens with zero attached hydrogens (tertiary/aromatic N) is 1. The first-order valence-electron chi connectivity index (χ1n) is 11.3. The van der Waals surface area contributed by atoms with Gasteiger partial charge < -0.3 is 19.3 Å². The first kappa shape index (κ1) is 23.3. The van der Waals surface area contributed by atoms with Crippen LogP contribution in [0.1, 0.15) is 34.5 Å². The Bertz CT molecular complexity index is 1260. The van der Waals surface area contributed by atoms with E-state index in [1.54, 1.807) is 19.1 Å². The fourth-order valence-electron chi connectivity index (χ4n) is 3.65. The maximum atomic E-state index is 11.8. The second kappa shape index (κ2) is 11.3. The molecule has 6 nitrogen and oxygen atoms in total. The minimum atomic E-state index is -1.02. The molecule has 1 aromatic heterocycles. The molecule has 0 unspecified atom stereocenters. The van der Waals surface area contributed by atoms with Crippen molar-refractivity contribution >= 4 is 16.9 Å². The van der Waals surface area contributed by atoms with Crippen LogP contribution in [-0.2, 0) is 11.3 Å². The number of pyridine rings is 1. The van der Waals surface area contributed by atoms with Crippen molar-refractivity contribution in [2.24, 2.45) is 0 Å². The number of hydrogen-bond donors (Lipinski definition) is 1. The zero-order chi connectivity index (χ0) is 23.8. The summed E-state index contributed by atoms with van der Waals surface area (Å²) < 4.78 is 17.5. The van der Waals surface area contributed by atoms with Crippen LogP contribution >= 0.6 is 0 Å². The third-order valence-electron chi connectivity index (χ3n) is 5.31. The summed E-state index contributed by atoms with van der Waals surface area (Å²) in [5.74, 6) is 0.494. The van der Waals surface area contributed by atoms with Gasteiger partial charge >= 0.3 is 5.97 Å². The van der Waals surface area contributed by atoms with E-state index < -0.39 is 5.97 Å². The summed E-state index contributed by atoms with van der Waals surface area (Å²) >= 11 is 0. The van der Waals surface area contributed by atoms with E-state index in [1.807, 2.05) is 66.7 Å². The quantitative estimate of drug-likeness (QED) is 0.262. The van der Waals surface area contributed by atoms with Crippen molar-refractivity contribution < 1.29 is 24.1 Å². The summed E-state index contributed by atoms with van der Waals surface area (Å²) in [6, 6.07) is 24.7. The zero-order valence-electron chi connectivity index (χ0n) is 19.1. The van der Waals surface area contributed by atoms with Crippen molar-refractivity contribution in [3.8, 4) is 17.2 Å². The molecule has 0 aliphatic rings. The van der Waals surface area contributed by atoms with Crippen LogP contribution in [0.5, 0.6) is 17.2 Å². The first-order valence-corrected chi connectivity index (χ1v) is 11.3. The molecule has 4 rings (SSSR count). The van der Waals surface area contributed by atoms with E-state index in [9.17, 15) is 9.90 Å². The third-order valence-corrected chi connectivity index (χ3v) is 5.31. The predicted molar refractivity (Wildman–Crippen MR) is 131 cm³/mol. The number of ether oxygens (including phenoxy) is 3. The molecular formula is C28H27NO5. The Hall–Kier alpha value is -3.90. The average molecular weight is 458 g/mol. The molecule has 0 saturated heterocycles. The number of carbonyl (C=O) groups is 1. The highest BCUT2D eigenvalue weighted by Gasteiger charge is 2.17. The van der Waals surface area contributed by atoms with Gasteiger partial charge in [0.2, 0.25) is 0 Å². The molecule has 0 aliphatic heterocycles. The van der Waals surface area contributed by atoms with Gasteiger partial charge in [0, 0.05) is 18.1 Å². The van der Waals surface area contributed by atoms with Crippen LogP contribution in [0, 0.1) is 6.92 Å². The molecule has 1 N–H and O–H groups in total.